The largest absolute Gasteiger partial charge is 0.467 e. The maximum atomic E-state index is 13.0. The minimum Gasteiger partial charge on any atom is -0.467 e. The predicted octanol–water partition coefficient (Wildman–Crippen LogP) is 4.02. The van der Waals surface area contributed by atoms with E-state index in [2.05, 4.69) is 11.4 Å². The number of hydrogen-bond acceptors (Lipinski definition) is 3. The Hall–Kier alpha value is -3.54. The highest BCUT2D eigenvalue weighted by Gasteiger charge is 2.20. The van der Waals surface area contributed by atoms with Crippen LogP contribution in [0.5, 0.6) is 0 Å². The van der Waals surface area contributed by atoms with Crippen molar-refractivity contribution in [2.75, 3.05) is 0 Å². The molecule has 142 valence electrons. The van der Waals surface area contributed by atoms with Gasteiger partial charge in [0, 0.05) is 13.2 Å². The highest BCUT2D eigenvalue weighted by atomic mass is 16.3. The van der Waals surface area contributed by atoms with Crippen LogP contribution in [-0.4, -0.2) is 20.3 Å². The minimum atomic E-state index is -0.203. The van der Waals surface area contributed by atoms with E-state index < -0.39 is 0 Å². The van der Waals surface area contributed by atoms with Gasteiger partial charge in [-0.25, -0.2) is 4.68 Å². The van der Waals surface area contributed by atoms with E-state index in [0.717, 1.165) is 28.2 Å². The third kappa shape index (κ3) is 3.36. The van der Waals surface area contributed by atoms with Crippen molar-refractivity contribution in [3.05, 3.63) is 83.6 Å². The summed E-state index contributed by atoms with van der Waals surface area (Å²) in [7, 11) is 1.96. The van der Waals surface area contributed by atoms with Crippen LogP contribution >= 0.6 is 0 Å². The standard InChI is InChI=1S/C22H22N4O2/c1-15-8-9-16(2)20(12-15)26-21(22(27)23-14-17-6-5-11-28-17)13-18(24-26)19-7-4-10-25(19)3/h4-13H,14H2,1-3H3,(H,23,27). The van der Waals surface area contributed by atoms with Crippen molar-refractivity contribution in [3.8, 4) is 17.1 Å². The summed E-state index contributed by atoms with van der Waals surface area (Å²) in [4.78, 5) is 13.0. The molecule has 3 heterocycles. The molecule has 0 fully saturated rings. The summed E-state index contributed by atoms with van der Waals surface area (Å²) in [6, 6.07) is 15.5. The number of nitrogens with one attached hydrogen (secondary N) is 1. The fraction of sp³-hybridized carbons (Fsp3) is 0.182. The van der Waals surface area contributed by atoms with Gasteiger partial charge in [-0.2, -0.15) is 5.10 Å². The number of aryl methyl sites for hydroxylation is 3. The Morgan fingerprint density at radius 2 is 2.00 bits per heavy atom. The van der Waals surface area contributed by atoms with Crippen molar-refractivity contribution in [2.24, 2.45) is 7.05 Å². The van der Waals surface area contributed by atoms with Crippen LogP contribution < -0.4 is 5.32 Å². The van der Waals surface area contributed by atoms with E-state index in [4.69, 9.17) is 9.52 Å². The summed E-state index contributed by atoms with van der Waals surface area (Å²) in [5.41, 5.74) is 5.23. The van der Waals surface area contributed by atoms with Gasteiger partial charge in [-0.15, -0.1) is 0 Å². The summed E-state index contributed by atoms with van der Waals surface area (Å²) in [6.45, 7) is 4.37. The number of rotatable bonds is 5. The summed E-state index contributed by atoms with van der Waals surface area (Å²) in [6.07, 6.45) is 3.55. The third-order valence-corrected chi connectivity index (χ3v) is 4.74. The first-order chi connectivity index (χ1) is 13.5. The molecule has 0 spiro atoms. The maximum absolute atomic E-state index is 13.0. The number of benzene rings is 1. The van der Waals surface area contributed by atoms with Crippen LogP contribution in [0.4, 0.5) is 0 Å². The minimum absolute atomic E-state index is 0.203. The third-order valence-electron chi connectivity index (χ3n) is 4.74. The lowest BCUT2D eigenvalue weighted by molar-refractivity contribution is 0.0940. The number of nitrogens with zero attached hydrogens (tertiary/aromatic N) is 3. The molecular formula is C22H22N4O2. The number of carbonyl (C=O) groups excluding carboxylic acids is 1. The van der Waals surface area contributed by atoms with Crippen molar-refractivity contribution in [1.82, 2.24) is 19.7 Å². The highest BCUT2D eigenvalue weighted by Crippen LogP contribution is 2.24. The molecule has 6 nitrogen and oxygen atoms in total. The fourth-order valence-corrected chi connectivity index (χ4v) is 3.20. The number of carbonyl (C=O) groups is 1. The van der Waals surface area contributed by atoms with Crippen LogP contribution in [-0.2, 0) is 13.6 Å². The fourth-order valence-electron chi connectivity index (χ4n) is 3.20. The van der Waals surface area contributed by atoms with E-state index in [9.17, 15) is 4.79 Å². The Labute approximate surface area is 163 Å². The Bertz CT molecular complexity index is 1120. The van der Waals surface area contributed by atoms with Crippen LogP contribution in [0.1, 0.15) is 27.4 Å². The van der Waals surface area contributed by atoms with Gasteiger partial charge < -0.3 is 14.3 Å². The SMILES string of the molecule is Cc1ccc(C)c(-n2nc(-c3cccn3C)cc2C(=O)NCc2ccco2)c1. The summed E-state index contributed by atoms with van der Waals surface area (Å²) in [5.74, 6) is 0.499. The number of aromatic nitrogens is 3. The molecule has 0 saturated heterocycles. The molecule has 0 bridgehead atoms. The number of furan rings is 1. The highest BCUT2D eigenvalue weighted by molar-refractivity contribution is 5.94. The van der Waals surface area contributed by atoms with Gasteiger partial charge in [0.25, 0.3) is 5.91 Å². The van der Waals surface area contributed by atoms with Crippen molar-refractivity contribution in [1.29, 1.82) is 0 Å². The average molecular weight is 374 g/mol. The van der Waals surface area contributed by atoms with E-state index in [1.165, 1.54) is 0 Å². The number of hydrogen-bond donors (Lipinski definition) is 1. The Morgan fingerprint density at radius 1 is 1.14 bits per heavy atom. The van der Waals surface area contributed by atoms with Crippen molar-refractivity contribution < 1.29 is 9.21 Å². The van der Waals surface area contributed by atoms with Gasteiger partial charge in [0.05, 0.1) is 24.2 Å². The van der Waals surface area contributed by atoms with Gasteiger partial charge in [-0.1, -0.05) is 12.1 Å². The predicted molar refractivity (Wildman–Crippen MR) is 107 cm³/mol. The van der Waals surface area contributed by atoms with Gasteiger partial charge >= 0.3 is 0 Å². The van der Waals surface area contributed by atoms with Crippen LogP contribution in [0, 0.1) is 13.8 Å². The summed E-state index contributed by atoms with van der Waals surface area (Å²) in [5, 5.41) is 7.68. The molecule has 3 aromatic heterocycles. The molecule has 0 atom stereocenters. The van der Waals surface area contributed by atoms with Crippen LogP contribution in [0.15, 0.2) is 65.4 Å². The zero-order valence-corrected chi connectivity index (χ0v) is 16.1. The zero-order valence-electron chi connectivity index (χ0n) is 16.1. The molecule has 0 unspecified atom stereocenters. The molecule has 0 radical (unpaired) electrons. The Kier molecular flexibility index (Phi) is 4.61. The van der Waals surface area contributed by atoms with Gasteiger partial charge in [0.15, 0.2) is 0 Å². The molecule has 4 rings (SSSR count). The molecule has 1 N–H and O–H groups in total. The van der Waals surface area contributed by atoms with Gasteiger partial charge in [0.1, 0.15) is 17.1 Å². The second-order valence-electron chi connectivity index (χ2n) is 6.88. The van der Waals surface area contributed by atoms with Crippen molar-refractivity contribution >= 4 is 5.91 Å². The van der Waals surface area contributed by atoms with E-state index in [1.54, 1.807) is 17.0 Å². The molecular weight excluding hydrogens is 352 g/mol. The second-order valence-corrected chi connectivity index (χ2v) is 6.88. The van der Waals surface area contributed by atoms with Crippen LogP contribution in [0.3, 0.4) is 0 Å². The van der Waals surface area contributed by atoms with Gasteiger partial charge in [-0.3, -0.25) is 4.79 Å². The van der Waals surface area contributed by atoms with Gasteiger partial charge in [-0.05, 0) is 61.4 Å². The quantitative estimate of drug-likeness (QED) is 0.574. The van der Waals surface area contributed by atoms with Crippen molar-refractivity contribution in [2.45, 2.75) is 20.4 Å². The monoisotopic (exact) mass is 374 g/mol. The molecule has 0 aliphatic carbocycles. The van der Waals surface area contributed by atoms with E-state index >= 15 is 0 Å². The van der Waals surface area contributed by atoms with Gasteiger partial charge in [0.2, 0.25) is 0 Å². The topological polar surface area (TPSA) is 65.0 Å². The number of amides is 1. The maximum Gasteiger partial charge on any atom is 0.270 e. The zero-order chi connectivity index (χ0) is 19.7. The lowest BCUT2D eigenvalue weighted by atomic mass is 10.1. The van der Waals surface area contributed by atoms with Crippen LogP contribution in [0.25, 0.3) is 17.1 Å². The average Bonchev–Trinajstić information content (AvgIpc) is 3.42. The molecule has 1 aromatic carbocycles. The lowest BCUT2D eigenvalue weighted by Crippen LogP contribution is -2.25. The molecule has 6 heteroatoms. The second kappa shape index (κ2) is 7.23. The van der Waals surface area contributed by atoms with E-state index in [1.807, 2.05) is 68.1 Å². The van der Waals surface area contributed by atoms with E-state index in [0.29, 0.717) is 18.0 Å². The first-order valence-corrected chi connectivity index (χ1v) is 9.13. The lowest BCUT2D eigenvalue weighted by Gasteiger charge is -2.11. The molecule has 0 aliphatic heterocycles. The molecule has 0 saturated carbocycles. The Balaban J connectivity index is 1.76. The first kappa shape index (κ1) is 17.9. The van der Waals surface area contributed by atoms with Crippen molar-refractivity contribution in [3.63, 3.8) is 0 Å². The normalized spacial score (nSPS) is 11.0. The first-order valence-electron chi connectivity index (χ1n) is 9.13. The summed E-state index contributed by atoms with van der Waals surface area (Å²) >= 11 is 0. The smallest absolute Gasteiger partial charge is 0.270 e. The molecule has 0 aliphatic rings. The Morgan fingerprint density at radius 3 is 2.71 bits per heavy atom. The molecule has 4 aromatic rings. The van der Waals surface area contributed by atoms with Crippen LogP contribution in [0.2, 0.25) is 0 Å². The van der Waals surface area contributed by atoms with E-state index in [-0.39, 0.29) is 5.91 Å². The summed E-state index contributed by atoms with van der Waals surface area (Å²) < 4.78 is 9.02. The molecule has 1 amide bonds. The molecule has 28 heavy (non-hydrogen) atoms.